The number of amides is 4. The van der Waals surface area contributed by atoms with Crippen molar-refractivity contribution in [3.8, 4) is 11.4 Å². The molecule has 1 unspecified atom stereocenters. The van der Waals surface area contributed by atoms with E-state index in [1.165, 1.54) is 11.0 Å². The zero-order chi connectivity index (χ0) is 22.1. The minimum absolute atomic E-state index is 0.0479. The van der Waals surface area contributed by atoms with Crippen molar-refractivity contribution in [3.05, 3.63) is 60.1 Å². The van der Waals surface area contributed by atoms with Gasteiger partial charge in [0.2, 0.25) is 23.5 Å². The molecule has 31 heavy (non-hydrogen) atoms. The van der Waals surface area contributed by atoms with E-state index in [0.717, 1.165) is 10.5 Å². The van der Waals surface area contributed by atoms with E-state index < -0.39 is 29.7 Å². The van der Waals surface area contributed by atoms with Gasteiger partial charge in [-0.3, -0.25) is 29.4 Å². The van der Waals surface area contributed by atoms with Gasteiger partial charge in [-0.25, -0.2) is 0 Å². The first-order chi connectivity index (χ1) is 14.9. The van der Waals surface area contributed by atoms with E-state index in [2.05, 4.69) is 22.0 Å². The second-order valence-corrected chi connectivity index (χ2v) is 7.15. The zero-order valence-electron chi connectivity index (χ0n) is 16.7. The second kappa shape index (κ2) is 7.98. The lowest BCUT2D eigenvalue weighted by Crippen LogP contribution is -2.55. The molecule has 10 nitrogen and oxygen atoms in total. The van der Waals surface area contributed by atoms with Crippen molar-refractivity contribution < 1.29 is 23.7 Å². The Morgan fingerprint density at radius 2 is 1.97 bits per heavy atom. The van der Waals surface area contributed by atoms with Crippen LogP contribution in [0.5, 0.6) is 0 Å². The van der Waals surface area contributed by atoms with Crippen LogP contribution in [0.1, 0.15) is 18.7 Å². The number of nitrogens with zero attached hydrogens (tertiary/aromatic N) is 4. The molecule has 2 aliphatic rings. The van der Waals surface area contributed by atoms with Gasteiger partial charge in [-0.15, -0.1) is 0 Å². The summed E-state index contributed by atoms with van der Waals surface area (Å²) in [5.74, 6) is -1.72. The largest absolute Gasteiger partial charge is 0.360 e. The summed E-state index contributed by atoms with van der Waals surface area (Å²) in [5.41, 5.74) is 0.923. The third kappa shape index (κ3) is 3.63. The van der Waals surface area contributed by atoms with Crippen LogP contribution in [-0.4, -0.2) is 56.7 Å². The van der Waals surface area contributed by atoms with Crippen molar-refractivity contribution in [3.63, 3.8) is 0 Å². The highest BCUT2D eigenvalue weighted by molar-refractivity contribution is 6.22. The molecule has 3 heterocycles. The monoisotopic (exact) mass is 421 g/mol. The van der Waals surface area contributed by atoms with E-state index in [4.69, 9.17) is 4.52 Å². The number of nitrogens with one attached hydrogen (secondary N) is 1. The zero-order valence-corrected chi connectivity index (χ0v) is 16.7. The van der Waals surface area contributed by atoms with Crippen LogP contribution in [0, 0.1) is 0 Å². The maximum absolute atomic E-state index is 13.1. The molecule has 4 amide bonds. The number of rotatable bonds is 6. The summed E-state index contributed by atoms with van der Waals surface area (Å²) >= 11 is 0. The number of likely N-dealkylation sites (N-methyl/N-ethyl adjacent to an activating group) is 1. The lowest BCUT2D eigenvalue weighted by molar-refractivity contribution is -0.150. The SMILES string of the molecule is C=CC1=C(N(C)Cc2nc(-c3ccccc3)no2)C(=O)N(C2CCC(=O)NC2=O)C1=O. The highest BCUT2D eigenvalue weighted by atomic mass is 16.5. The van der Waals surface area contributed by atoms with Crippen LogP contribution in [-0.2, 0) is 25.7 Å². The van der Waals surface area contributed by atoms with Gasteiger partial charge in [0.25, 0.3) is 11.8 Å². The first-order valence-corrected chi connectivity index (χ1v) is 9.58. The second-order valence-electron chi connectivity index (χ2n) is 7.15. The smallest absolute Gasteiger partial charge is 0.278 e. The summed E-state index contributed by atoms with van der Waals surface area (Å²) < 4.78 is 5.29. The van der Waals surface area contributed by atoms with Gasteiger partial charge >= 0.3 is 0 Å². The van der Waals surface area contributed by atoms with E-state index in [1.807, 2.05) is 30.3 Å². The summed E-state index contributed by atoms with van der Waals surface area (Å²) in [6.07, 6.45) is 1.40. The van der Waals surface area contributed by atoms with Gasteiger partial charge < -0.3 is 9.42 Å². The molecule has 10 heteroatoms. The summed E-state index contributed by atoms with van der Waals surface area (Å²) in [4.78, 5) is 56.3. The maximum Gasteiger partial charge on any atom is 0.278 e. The third-order valence-electron chi connectivity index (χ3n) is 5.11. The average molecular weight is 421 g/mol. The van der Waals surface area contributed by atoms with Crippen molar-refractivity contribution >= 4 is 23.6 Å². The van der Waals surface area contributed by atoms with Crippen LogP contribution in [0.25, 0.3) is 11.4 Å². The lowest BCUT2D eigenvalue weighted by Gasteiger charge is -2.29. The number of hydrogen-bond acceptors (Lipinski definition) is 8. The Kier molecular flexibility index (Phi) is 5.20. The van der Waals surface area contributed by atoms with Crippen LogP contribution in [0.3, 0.4) is 0 Å². The standard InChI is InChI=1S/C21H19N5O5/c1-3-13-17(21(30)26(20(13)29)14-9-10-15(27)22-19(14)28)25(2)11-16-23-18(24-31-16)12-7-5-4-6-8-12/h3-8,14H,1,9-11H2,2H3,(H,22,27,28). The lowest BCUT2D eigenvalue weighted by atomic mass is 10.0. The topological polar surface area (TPSA) is 126 Å². The minimum atomic E-state index is -1.05. The fourth-order valence-corrected chi connectivity index (χ4v) is 3.62. The molecule has 4 rings (SSSR count). The van der Waals surface area contributed by atoms with Crippen molar-refractivity contribution in [2.75, 3.05) is 7.05 Å². The molecule has 0 radical (unpaired) electrons. The van der Waals surface area contributed by atoms with Crippen molar-refractivity contribution in [2.45, 2.75) is 25.4 Å². The molecule has 1 fully saturated rings. The summed E-state index contributed by atoms with van der Waals surface area (Å²) in [6.45, 7) is 3.70. The number of aromatic nitrogens is 2. The van der Waals surface area contributed by atoms with Gasteiger partial charge in [0.05, 0.1) is 12.1 Å². The minimum Gasteiger partial charge on any atom is -0.360 e. The van der Waals surface area contributed by atoms with E-state index in [0.29, 0.717) is 5.82 Å². The van der Waals surface area contributed by atoms with E-state index in [1.54, 1.807) is 7.05 Å². The van der Waals surface area contributed by atoms with Crippen LogP contribution in [0.4, 0.5) is 0 Å². The molecule has 1 aromatic carbocycles. The van der Waals surface area contributed by atoms with E-state index in [9.17, 15) is 19.2 Å². The number of carbonyl (C=O) groups is 4. The van der Waals surface area contributed by atoms with Gasteiger partial charge in [0.15, 0.2) is 0 Å². The third-order valence-corrected chi connectivity index (χ3v) is 5.11. The summed E-state index contributed by atoms with van der Waals surface area (Å²) in [6, 6.07) is 8.21. The predicted molar refractivity (Wildman–Crippen MR) is 106 cm³/mol. The van der Waals surface area contributed by atoms with Crippen molar-refractivity contribution in [2.24, 2.45) is 0 Å². The normalized spacial score (nSPS) is 19.1. The van der Waals surface area contributed by atoms with Crippen LogP contribution in [0.15, 0.2) is 58.8 Å². The average Bonchev–Trinajstić information content (AvgIpc) is 3.31. The Morgan fingerprint density at radius 1 is 1.23 bits per heavy atom. The predicted octanol–water partition coefficient (Wildman–Crippen LogP) is 0.782. The van der Waals surface area contributed by atoms with Gasteiger partial charge in [0, 0.05) is 19.0 Å². The molecule has 1 aromatic heterocycles. The molecule has 1 saturated heterocycles. The highest BCUT2D eigenvalue weighted by Gasteiger charge is 2.46. The molecule has 0 spiro atoms. The Labute approximate surface area is 177 Å². The van der Waals surface area contributed by atoms with Crippen LogP contribution >= 0.6 is 0 Å². The first kappa shape index (κ1) is 20.2. The maximum atomic E-state index is 13.1. The van der Waals surface area contributed by atoms with Gasteiger partial charge in [-0.05, 0) is 6.42 Å². The number of hydrogen-bond donors (Lipinski definition) is 1. The Morgan fingerprint density at radius 3 is 2.65 bits per heavy atom. The molecular weight excluding hydrogens is 402 g/mol. The van der Waals surface area contributed by atoms with Crippen molar-refractivity contribution in [1.82, 2.24) is 25.3 Å². The molecule has 0 bridgehead atoms. The molecule has 158 valence electrons. The van der Waals surface area contributed by atoms with Crippen LogP contribution < -0.4 is 5.32 Å². The summed E-state index contributed by atoms with van der Waals surface area (Å²) in [5, 5.41) is 6.12. The number of carbonyl (C=O) groups excluding carboxylic acids is 4. The van der Waals surface area contributed by atoms with Gasteiger partial charge in [0.1, 0.15) is 11.7 Å². The molecule has 1 N–H and O–H groups in total. The van der Waals surface area contributed by atoms with Gasteiger partial charge in [-0.2, -0.15) is 4.98 Å². The Balaban J connectivity index is 1.56. The van der Waals surface area contributed by atoms with Crippen LogP contribution in [0.2, 0.25) is 0 Å². The molecule has 1 atom stereocenters. The van der Waals surface area contributed by atoms with E-state index >= 15 is 0 Å². The molecular formula is C21H19N5O5. The number of piperidine rings is 1. The summed E-state index contributed by atoms with van der Waals surface area (Å²) in [7, 11) is 1.60. The molecule has 0 saturated carbocycles. The number of imide groups is 2. The first-order valence-electron chi connectivity index (χ1n) is 9.58. The Bertz CT molecular complexity index is 1120. The molecule has 0 aliphatic carbocycles. The highest BCUT2D eigenvalue weighted by Crippen LogP contribution is 2.29. The molecule has 2 aromatic rings. The van der Waals surface area contributed by atoms with Gasteiger partial charge in [-0.1, -0.05) is 48.1 Å². The fourth-order valence-electron chi connectivity index (χ4n) is 3.62. The fraction of sp³-hybridized carbons (Fsp3) is 0.238. The quantitative estimate of drug-likeness (QED) is 0.679. The number of benzene rings is 1. The van der Waals surface area contributed by atoms with E-state index in [-0.39, 0.29) is 36.5 Å². The molecule has 2 aliphatic heterocycles. The Hall–Kier alpha value is -4.08. The van der Waals surface area contributed by atoms with Crippen molar-refractivity contribution in [1.29, 1.82) is 0 Å².